The molecular weight excluding hydrogens is 235 g/mol. The summed E-state index contributed by atoms with van der Waals surface area (Å²) >= 11 is 0. The molecule has 1 aromatic carbocycles. The number of carbonyl (C=O) groups excluding carboxylic acids is 1. The second-order valence-corrected chi connectivity index (χ2v) is 4.17. The van der Waals surface area contributed by atoms with E-state index in [0.29, 0.717) is 11.5 Å². The number of rotatable bonds is 2. The minimum atomic E-state index is -0.532. The first-order valence-corrected chi connectivity index (χ1v) is 5.50. The fourth-order valence-electron chi connectivity index (χ4n) is 2.02. The van der Waals surface area contributed by atoms with Gasteiger partial charge in [0.1, 0.15) is 17.7 Å². The highest BCUT2D eigenvalue weighted by atomic mass is 19.1. The highest BCUT2D eigenvalue weighted by Crippen LogP contribution is 2.33. The van der Waals surface area contributed by atoms with Crippen molar-refractivity contribution in [3.63, 3.8) is 0 Å². The van der Waals surface area contributed by atoms with Gasteiger partial charge in [-0.25, -0.2) is 4.39 Å². The van der Waals surface area contributed by atoms with E-state index in [1.807, 2.05) is 0 Å². The Bertz CT molecular complexity index is 622. The Kier molecular flexibility index (Phi) is 2.29. The van der Waals surface area contributed by atoms with Gasteiger partial charge in [-0.15, -0.1) is 0 Å². The van der Waals surface area contributed by atoms with Gasteiger partial charge in [-0.1, -0.05) is 6.07 Å². The molecule has 1 atom stereocenters. The van der Waals surface area contributed by atoms with Gasteiger partial charge in [0.2, 0.25) is 0 Å². The van der Waals surface area contributed by atoms with Crippen molar-refractivity contribution in [2.75, 3.05) is 10.6 Å². The molecular formula is C12H11FN4O. The van der Waals surface area contributed by atoms with Crippen molar-refractivity contribution in [2.24, 2.45) is 7.05 Å². The Labute approximate surface area is 103 Å². The molecule has 0 aliphatic carbocycles. The second kappa shape index (κ2) is 3.83. The number of halogens is 1. The van der Waals surface area contributed by atoms with Crippen LogP contribution in [-0.2, 0) is 11.8 Å². The number of amides is 1. The van der Waals surface area contributed by atoms with Crippen molar-refractivity contribution in [3.8, 4) is 0 Å². The van der Waals surface area contributed by atoms with E-state index in [1.54, 1.807) is 30.1 Å². The molecule has 0 radical (unpaired) electrons. The van der Waals surface area contributed by atoms with Gasteiger partial charge in [0.15, 0.2) is 0 Å². The van der Waals surface area contributed by atoms with Crippen molar-refractivity contribution in [1.82, 2.24) is 9.78 Å². The van der Waals surface area contributed by atoms with Crippen LogP contribution in [-0.4, -0.2) is 15.7 Å². The second-order valence-electron chi connectivity index (χ2n) is 4.17. The third kappa shape index (κ3) is 1.71. The molecule has 92 valence electrons. The van der Waals surface area contributed by atoms with Crippen LogP contribution in [0.15, 0.2) is 30.5 Å². The largest absolute Gasteiger partial charge is 0.353 e. The summed E-state index contributed by atoms with van der Waals surface area (Å²) in [5.74, 6) is 0.0311. The first kappa shape index (κ1) is 10.8. The number of hydrogen-bond donors (Lipinski definition) is 2. The molecule has 0 saturated heterocycles. The van der Waals surface area contributed by atoms with E-state index < -0.39 is 6.04 Å². The highest BCUT2D eigenvalue weighted by Gasteiger charge is 2.31. The molecule has 1 unspecified atom stereocenters. The van der Waals surface area contributed by atoms with Gasteiger partial charge >= 0.3 is 0 Å². The fraction of sp³-hybridized carbons (Fsp3) is 0.167. The van der Waals surface area contributed by atoms with Gasteiger partial charge in [-0.05, 0) is 12.1 Å². The van der Waals surface area contributed by atoms with E-state index >= 15 is 0 Å². The van der Waals surface area contributed by atoms with Crippen molar-refractivity contribution in [2.45, 2.75) is 6.04 Å². The number of aryl methyl sites for hydroxylation is 1. The quantitative estimate of drug-likeness (QED) is 0.847. The van der Waals surface area contributed by atoms with Gasteiger partial charge in [0, 0.05) is 30.6 Å². The Morgan fingerprint density at radius 2 is 2.28 bits per heavy atom. The normalized spacial score (nSPS) is 17.4. The molecule has 0 spiro atoms. The lowest BCUT2D eigenvalue weighted by Crippen LogP contribution is -2.19. The maximum atomic E-state index is 13.1. The summed E-state index contributed by atoms with van der Waals surface area (Å²) in [7, 11) is 1.79. The first-order chi connectivity index (χ1) is 8.63. The summed E-state index contributed by atoms with van der Waals surface area (Å²) in [6.07, 6.45) is 1.78. The van der Waals surface area contributed by atoms with Crippen LogP contribution in [0, 0.1) is 5.82 Å². The minimum absolute atomic E-state index is 0.207. The van der Waals surface area contributed by atoms with Gasteiger partial charge in [0.05, 0.1) is 0 Å². The molecule has 6 heteroatoms. The van der Waals surface area contributed by atoms with Gasteiger partial charge in [-0.3, -0.25) is 9.48 Å². The number of aromatic nitrogens is 2. The molecule has 2 aromatic rings. The average Bonchev–Trinajstić information content (AvgIpc) is 2.84. The lowest BCUT2D eigenvalue weighted by molar-refractivity contribution is -0.116. The Balaban J connectivity index is 1.92. The number of fused-ring (bicyclic) bond motifs is 1. The molecule has 18 heavy (non-hydrogen) atoms. The molecule has 0 saturated carbocycles. The highest BCUT2D eigenvalue weighted by molar-refractivity contribution is 6.04. The molecule has 1 aliphatic rings. The zero-order valence-corrected chi connectivity index (χ0v) is 9.64. The molecule has 1 aliphatic heterocycles. The van der Waals surface area contributed by atoms with Crippen LogP contribution in [0.25, 0.3) is 0 Å². The Morgan fingerprint density at radius 1 is 1.44 bits per heavy atom. The topological polar surface area (TPSA) is 59.0 Å². The number of anilines is 2. The summed E-state index contributed by atoms with van der Waals surface area (Å²) in [6, 6.07) is 5.49. The van der Waals surface area contributed by atoms with Gasteiger partial charge < -0.3 is 10.6 Å². The molecule has 2 heterocycles. The van der Waals surface area contributed by atoms with E-state index in [9.17, 15) is 9.18 Å². The van der Waals surface area contributed by atoms with Gasteiger partial charge in [-0.2, -0.15) is 5.10 Å². The van der Waals surface area contributed by atoms with E-state index in [1.165, 1.54) is 12.1 Å². The zero-order valence-electron chi connectivity index (χ0n) is 9.64. The maximum absolute atomic E-state index is 13.1. The Morgan fingerprint density at radius 3 is 3.00 bits per heavy atom. The van der Waals surface area contributed by atoms with E-state index in [-0.39, 0.29) is 11.7 Å². The van der Waals surface area contributed by atoms with Crippen molar-refractivity contribution >= 4 is 17.4 Å². The fourth-order valence-corrected chi connectivity index (χ4v) is 2.02. The van der Waals surface area contributed by atoms with Crippen LogP contribution in [0.5, 0.6) is 0 Å². The van der Waals surface area contributed by atoms with Crippen LogP contribution in [0.1, 0.15) is 11.6 Å². The summed E-state index contributed by atoms with van der Waals surface area (Å²) in [5, 5.41) is 9.81. The van der Waals surface area contributed by atoms with Crippen LogP contribution in [0.2, 0.25) is 0 Å². The summed E-state index contributed by atoms with van der Waals surface area (Å²) in [5.41, 5.74) is 1.24. The Hall–Kier alpha value is -2.37. The molecule has 1 amide bonds. The number of nitrogens with one attached hydrogen (secondary N) is 2. The number of carbonyl (C=O) groups is 1. The predicted molar refractivity (Wildman–Crippen MR) is 64.6 cm³/mol. The standard InChI is InChI=1S/C12H11FN4O/c1-17-5-4-10(16-17)15-11-8-3-2-7(13)6-9(8)14-12(11)18/h2-6,11H,1H3,(H,14,18)(H,15,16). The minimum Gasteiger partial charge on any atom is -0.353 e. The molecule has 0 fully saturated rings. The summed E-state index contributed by atoms with van der Waals surface area (Å²) in [6.45, 7) is 0. The SMILES string of the molecule is Cn1ccc(NC2C(=O)Nc3cc(F)ccc32)n1. The third-order valence-corrected chi connectivity index (χ3v) is 2.85. The van der Waals surface area contributed by atoms with Crippen molar-refractivity contribution in [1.29, 1.82) is 0 Å². The van der Waals surface area contributed by atoms with Crippen LogP contribution >= 0.6 is 0 Å². The monoisotopic (exact) mass is 246 g/mol. The number of nitrogens with zero attached hydrogens (tertiary/aromatic N) is 2. The first-order valence-electron chi connectivity index (χ1n) is 5.50. The van der Waals surface area contributed by atoms with Crippen LogP contribution in [0.4, 0.5) is 15.9 Å². The summed E-state index contributed by atoms with van der Waals surface area (Å²) < 4.78 is 14.7. The van der Waals surface area contributed by atoms with Gasteiger partial charge in [0.25, 0.3) is 5.91 Å². The smallest absolute Gasteiger partial charge is 0.251 e. The maximum Gasteiger partial charge on any atom is 0.251 e. The lowest BCUT2D eigenvalue weighted by atomic mass is 10.1. The summed E-state index contributed by atoms with van der Waals surface area (Å²) in [4.78, 5) is 11.8. The molecule has 1 aromatic heterocycles. The van der Waals surface area contributed by atoms with Crippen molar-refractivity contribution in [3.05, 3.63) is 41.8 Å². The van der Waals surface area contributed by atoms with E-state index in [4.69, 9.17) is 0 Å². The number of benzene rings is 1. The van der Waals surface area contributed by atoms with E-state index in [0.717, 1.165) is 5.56 Å². The number of hydrogen-bond acceptors (Lipinski definition) is 3. The lowest BCUT2D eigenvalue weighted by Gasteiger charge is -2.10. The predicted octanol–water partition coefficient (Wildman–Crippen LogP) is 1.66. The van der Waals surface area contributed by atoms with Crippen LogP contribution in [0.3, 0.4) is 0 Å². The molecule has 3 rings (SSSR count). The third-order valence-electron chi connectivity index (χ3n) is 2.85. The molecule has 2 N–H and O–H groups in total. The molecule has 0 bridgehead atoms. The van der Waals surface area contributed by atoms with Crippen molar-refractivity contribution < 1.29 is 9.18 Å². The zero-order chi connectivity index (χ0) is 12.7. The molecule has 5 nitrogen and oxygen atoms in total. The van der Waals surface area contributed by atoms with Crippen LogP contribution < -0.4 is 10.6 Å². The average molecular weight is 246 g/mol. The van der Waals surface area contributed by atoms with E-state index in [2.05, 4.69) is 15.7 Å².